The zero-order valence-corrected chi connectivity index (χ0v) is 14.0. The van der Waals surface area contributed by atoms with Crippen LogP contribution in [-0.2, 0) is 11.3 Å². The van der Waals surface area contributed by atoms with Gasteiger partial charge in [-0.15, -0.1) is 0 Å². The van der Waals surface area contributed by atoms with Crippen molar-refractivity contribution in [1.82, 2.24) is 5.32 Å². The Bertz CT molecular complexity index is 660. The standard InChI is InChI=1S/C19H23FN2O2/c1-14(18(21)23)22-12-15-6-8-17(9-7-15)24-13-16-5-3-4-10-19(2,20)11-16/h3-11,14,22H,12-13H2,1-2H3,(H2,21,23). The summed E-state index contributed by atoms with van der Waals surface area (Å²) in [5.74, 6) is 0.322. The zero-order valence-electron chi connectivity index (χ0n) is 14.0. The van der Waals surface area contributed by atoms with Gasteiger partial charge in [0.1, 0.15) is 18.0 Å². The molecular weight excluding hydrogens is 307 g/mol. The normalized spacial score (nSPS) is 21.0. The summed E-state index contributed by atoms with van der Waals surface area (Å²) < 4.78 is 19.8. The van der Waals surface area contributed by atoms with Crippen molar-refractivity contribution in [2.75, 3.05) is 6.61 Å². The molecule has 1 aliphatic rings. The number of nitrogens with two attached hydrogens (primary N) is 1. The molecule has 0 heterocycles. The second-order valence-corrected chi connectivity index (χ2v) is 6.03. The number of ether oxygens (including phenoxy) is 1. The van der Waals surface area contributed by atoms with Crippen molar-refractivity contribution in [1.29, 1.82) is 0 Å². The van der Waals surface area contributed by atoms with Gasteiger partial charge in [0.2, 0.25) is 5.91 Å². The molecule has 5 heteroatoms. The summed E-state index contributed by atoms with van der Waals surface area (Å²) in [5.41, 5.74) is 5.54. The van der Waals surface area contributed by atoms with Gasteiger partial charge in [-0.1, -0.05) is 30.4 Å². The number of hydrogen-bond donors (Lipinski definition) is 2. The molecule has 2 atom stereocenters. The minimum Gasteiger partial charge on any atom is -0.489 e. The average molecular weight is 330 g/mol. The van der Waals surface area contributed by atoms with Crippen LogP contribution in [0.3, 0.4) is 0 Å². The number of carbonyl (C=O) groups is 1. The highest BCUT2D eigenvalue weighted by molar-refractivity contribution is 5.79. The first-order valence-corrected chi connectivity index (χ1v) is 7.87. The summed E-state index contributed by atoms with van der Waals surface area (Å²) in [4.78, 5) is 11.0. The van der Waals surface area contributed by atoms with E-state index >= 15 is 0 Å². The number of halogens is 1. The maximum Gasteiger partial charge on any atom is 0.234 e. The van der Waals surface area contributed by atoms with Crippen LogP contribution in [0.2, 0.25) is 0 Å². The summed E-state index contributed by atoms with van der Waals surface area (Å²) in [7, 11) is 0. The average Bonchev–Trinajstić information content (AvgIpc) is 2.71. The van der Waals surface area contributed by atoms with Crippen molar-refractivity contribution < 1.29 is 13.9 Å². The van der Waals surface area contributed by atoms with Crippen LogP contribution in [0.5, 0.6) is 5.75 Å². The van der Waals surface area contributed by atoms with Crippen molar-refractivity contribution in [2.24, 2.45) is 5.73 Å². The van der Waals surface area contributed by atoms with Crippen LogP contribution in [-0.4, -0.2) is 24.2 Å². The van der Waals surface area contributed by atoms with Gasteiger partial charge in [0.05, 0.1) is 6.04 Å². The third-order valence-electron chi connectivity index (χ3n) is 3.68. The number of primary amides is 1. The van der Waals surface area contributed by atoms with Crippen molar-refractivity contribution in [3.8, 4) is 5.75 Å². The molecule has 2 rings (SSSR count). The SMILES string of the molecule is CC(NCc1ccc(OCC2=CC(C)(F)C=CC=C2)cc1)C(N)=O. The lowest BCUT2D eigenvalue weighted by Gasteiger charge is -2.13. The van der Waals surface area contributed by atoms with Gasteiger partial charge in [-0.25, -0.2) is 4.39 Å². The molecule has 1 aliphatic carbocycles. The van der Waals surface area contributed by atoms with Crippen LogP contribution in [0.15, 0.2) is 60.2 Å². The summed E-state index contributed by atoms with van der Waals surface area (Å²) in [6.07, 6.45) is 8.39. The lowest BCUT2D eigenvalue weighted by Crippen LogP contribution is -2.38. The summed E-state index contributed by atoms with van der Waals surface area (Å²) in [6.45, 7) is 4.07. The molecule has 0 aromatic heterocycles. The molecule has 0 bridgehead atoms. The van der Waals surface area contributed by atoms with Gasteiger partial charge < -0.3 is 15.8 Å². The molecular formula is C19H23FN2O2. The Hall–Kier alpha value is -2.40. The number of allylic oxidation sites excluding steroid dienone is 4. The molecule has 128 valence electrons. The molecule has 1 aromatic carbocycles. The highest BCUT2D eigenvalue weighted by Gasteiger charge is 2.17. The number of nitrogens with one attached hydrogen (secondary N) is 1. The highest BCUT2D eigenvalue weighted by Crippen LogP contribution is 2.21. The maximum atomic E-state index is 14.1. The number of rotatable bonds is 7. The van der Waals surface area contributed by atoms with Gasteiger partial charge in [0, 0.05) is 6.54 Å². The first-order valence-electron chi connectivity index (χ1n) is 7.87. The first kappa shape index (κ1) is 17.9. The van der Waals surface area contributed by atoms with E-state index in [-0.39, 0.29) is 11.9 Å². The van der Waals surface area contributed by atoms with E-state index < -0.39 is 5.67 Å². The molecule has 0 spiro atoms. The van der Waals surface area contributed by atoms with E-state index in [0.717, 1.165) is 11.1 Å². The fraction of sp³-hybridized carbons (Fsp3) is 0.316. The monoisotopic (exact) mass is 330 g/mol. The smallest absolute Gasteiger partial charge is 0.234 e. The van der Waals surface area contributed by atoms with Crippen molar-refractivity contribution in [3.05, 3.63) is 65.8 Å². The van der Waals surface area contributed by atoms with E-state index in [0.29, 0.717) is 18.9 Å². The lowest BCUT2D eigenvalue weighted by atomic mass is 10.1. The molecule has 3 N–H and O–H groups in total. The first-order chi connectivity index (χ1) is 11.4. The minimum absolute atomic E-state index is 0.300. The Kier molecular flexibility index (Phi) is 5.93. The minimum atomic E-state index is -1.46. The Labute approximate surface area is 141 Å². The van der Waals surface area contributed by atoms with Crippen LogP contribution < -0.4 is 15.8 Å². The molecule has 1 amide bonds. The second-order valence-electron chi connectivity index (χ2n) is 6.03. The molecule has 1 aromatic rings. The van der Waals surface area contributed by atoms with Gasteiger partial charge in [-0.2, -0.15) is 0 Å². The van der Waals surface area contributed by atoms with Gasteiger partial charge in [0.15, 0.2) is 0 Å². The van der Waals surface area contributed by atoms with E-state index in [9.17, 15) is 9.18 Å². The lowest BCUT2D eigenvalue weighted by molar-refractivity contribution is -0.119. The predicted octanol–water partition coefficient (Wildman–Crippen LogP) is 2.81. The van der Waals surface area contributed by atoms with Gasteiger partial charge in [-0.3, -0.25) is 4.79 Å². The number of benzene rings is 1. The maximum absolute atomic E-state index is 14.1. The van der Waals surface area contributed by atoms with Gasteiger partial charge in [0.25, 0.3) is 0 Å². The molecule has 2 unspecified atom stereocenters. The molecule has 0 aliphatic heterocycles. The van der Waals surface area contributed by atoms with Crippen LogP contribution in [0, 0.1) is 0 Å². The number of amides is 1. The Balaban J connectivity index is 1.88. The van der Waals surface area contributed by atoms with Gasteiger partial charge >= 0.3 is 0 Å². The van der Waals surface area contributed by atoms with E-state index in [4.69, 9.17) is 10.5 Å². The fourth-order valence-corrected chi connectivity index (χ4v) is 2.21. The Morgan fingerprint density at radius 1 is 1.33 bits per heavy atom. The van der Waals surface area contributed by atoms with E-state index in [1.165, 1.54) is 13.0 Å². The van der Waals surface area contributed by atoms with Crippen LogP contribution in [0.1, 0.15) is 19.4 Å². The van der Waals surface area contributed by atoms with Crippen LogP contribution >= 0.6 is 0 Å². The second kappa shape index (κ2) is 7.93. The molecule has 0 saturated heterocycles. The number of carbonyl (C=O) groups excluding carboxylic acids is 1. The van der Waals surface area contributed by atoms with Crippen molar-refractivity contribution in [3.63, 3.8) is 0 Å². The van der Waals surface area contributed by atoms with Crippen molar-refractivity contribution >= 4 is 5.91 Å². The van der Waals surface area contributed by atoms with Gasteiger partial charge in [-0.05, 0) is 49.3 Å². The largest absolute Gasteiger partial charge is 0.489 e. The number of hydrogen-bond acceptors (Lipinski definition) is 3. The quantitative estimate of drug-likeness (QED) is 0.808. The Morgan fingerprint density at radius 2 is 2.04 bits per heavy atom. The Morgan fingerprint density at radius 3 is 2.71 bits per heavy atom. The predicted molar refractivity (Wildman–Crippen MR) is 93.3 cm³/mol. The third kappa shape index (κ3) is 5.66. The molecule has 24 heavy (non-hydrogen) atoms. The van der Waals surface area contributed by atoms with Crippen molar-refractivity contribution in [2.45, 2.75) is 32.1 Å². The van der Waals surface area contributed by atoms with Crippen LogP contribution in [0.25, 0.3) is 0 Å². The number of alkyl halides is 1. The topological polar surface area (TPSA) is 64.3 Å². The van der Waals surface area contributed by atoms with E-state index in [2.05, 4.69) is 5.32 Å². The summed E-state index contributed by atoms with van der Waals surface area (Å²) >= 11 is 0. The van der Waals surface area contributed by atoms with E-state index in [1.54, 1.807) is 25.2 Å². The van der Waals surface area contributed by atoms with Crippen LogP contribution in [0.4, 0.5) is 4.39 Å². The van der Waals surface area contributed by atoms with E-state index in [1.807, 2.05) is 30.3 Å². The third-order valence-corrected chi connectivity index (χ3v) is 3.68. The molecule has 0 fully saturated rings. The zero-order chi connectivity index (χ0) is 17.6. The molecule has 0 radical (unpaired) electrons. The fourth-order valence-electron chi connectivity index (χ4n) is 2.21. The molecule has 0 saturated carbocycles. The summed E-state index contributed by atoms with van der Waals surface area (Å²) in [5, 5.41) is 3.04. The summed E-state index contributed by atoms with van der Waals surface area (Å²) in [6, 6.07) is 7.14. The highest BCUT2D eigenvalue weighted by atomic mass is 19.1. The molecule has 4 nitrogen and oxygen atoms in total.